The maximum atomic E-state index is 6.00. The quantitative estimate of drug-likeness (QED) is 0.594. The van der Waals surface area contributed by atoms with Gasteiger partial charge in [-0.1, -0.05) is 11.6 Å². The summed E-state index contributed by atoms with van der Waals surface area (Å²) in [6.45, 7) is 3.36. The van der Waals surface area contributed by atoms with E-state index in [9.17, 15) is 0 Å². The van der Waals surface area contributed by atoms with Crippen molar-refractivity contribution in [3.05, 3.63) is 11.2 Å². The molecule has 6 heteroatoms. The molecular weight excluding hydrogens is 250 g/mol. The van der Waals surface area contributed by atoms with Gasteiger partial charge >= 0.3 is 0 Å². The first-order valence-corrected chi connectivity index (χ1v) is 8.69. The molecule has 0 atom stereocenters. The fourth-order valence-corrected chi connectivity index (χ4v) is 2.20. The molecule has 0 fully saturated rings. The van der Waals surface area contributed by atoms with Crippen LogP contribution in [0.2, 0.25) is 0 Å². The number of rotatable bonds is 6. The molecule has 0 aromatic heterocycles. The van der Waals surface area contributed by atoms with Crippen molar-refractivity contribution >= 4 is 46.0 Å². The van der Waals surface area contributed by atoms with Crippen molar-refractivity contribution in [3.8, 4) is 0 Å². The third-order valence-electron chi connectivity index (χ3n) is 1.35. The second-order valence-corrected chi connectivity index (χ2v) is 8.22. The minimum Gasteiger partial charge on any atom is -0.294 e. The van der Waals surface area contributed by atoms with Crippen LogP contribution in [0.25, 0.3) is 0 Å². The molecule has 0 aromatic rings. The van der Waals surface area contributed by atoms with E-state index in [0.29, 0.717) is 11.0 Å². The molecule has 0 saturated carbocycles. The van der Waals surface area contributed by atoms with Gasteiger partial charge < -0.3 is 0 Å². The summed E-state index contributed by atoms with van der Waals surface area (Å²) < 4.78 is 0. The molecule has 0 aliphatic heterocycles. The maximum absolute atomic E-state index is 6.00. The van der Waals surface area contributed by atoms with Gasteiger partial charge in [0.15, 0.2) is 0 Å². The van der Waals surface area contributed by atoms with E-state index in [2.05, 4.69) is 16.7 Å². The van der Waals surface area contributed by atoms with Crippen LogP contribution < -0.4 is 5.14 Å². The van der Waals surface area contributed by atoms with Crippen LogP contribution in [0.4, 0.5) is 0 Å². The van der Waals surface area contributed by atoms with E-state index in [1.54, 1.807) is 17.8 Å². The van der Waals surface area contributed by atoms with E-state index in [-0.39, 0.29) is 0 Å². The Morgan fingerprint density at radius 1 is 1.60 bits per heavy atom. The average Bonchev–Trinajstić information content (AvgIpc) is 2.11. The van der Waals surface area contributed by atoms with Gasteiger partial charge in [-0.25, -0.2) is 0 Å². The first-order valence-electron chi connectivity index (χ1n) is 4.24. The van der Waals surface area contributed by atoms with Crippen molar-refractivity contribution in [1.29, 1.82) is 0 Å². The summed E-state index contributed by atoms with van der Waals surface area (Å²) in [6.07, 6.45) is 7.79. The highest BCUT2D eigenvalue weighted by Crippen LogP contribution is 2.29. The van der Waals surface area contributed by atoms with Crippen molar-refractivity contribution < 1.29 is 0 Å². The minimum absolute atomic E-state index is 0.360. The van der Waals surface area contributed by atoms with Gasteiger partial charge in [-0.2, -0.15) is 10.2 Å². The van der Waals surface area contributed by atoms with E-state index in [0.717, 1.165) is 11.5 Å². The summed E-state index contributed by atoms with van der Waals surface area (Å²) in [6, 6.07) is 0. The van der Waals surface area contributed by atoms with E-state index in [1.165, 1.54) is 0 Å². The molecule has 0 heterocycles. The van der Waals surface area contributed by atoms with Crippen LogP contribution in [0.5, 0.6) is 0 Å². The summed E-state index contributed by atoms with van der Waals surface area (Å²) in [4.78, 5) is 8.01. The first-order chi connectivity index (χ1) is 6.89. The molecule has 0 rings (SSSR count). The lowest BCUT2D eigenvalue weighted by Gasteiger charge is -2.24. The zero-order valence-corrected chi connectivity index (χ0v) is 11.8. The average molecular weight is 268 g/mol. The largest absolute Gasteiger partial charge is 0.294 e. The highest BCUT2D eigenvalue weighted by molar-refractivity contribution is 8.31. The number of hydrogen-bond donors (Lipinski definition) is 1. The predicted molar refractivity (Wildman–Crippen MR) is 77.8 cm³/mol. The number of nitrogens with zero attached hydrogens (tertiary/aromatic N) is 2. The molecule has 15 heavy (non-hydrogen) atoms. The summed E-state index contributed by atoms with van der Waals surface area (Å²) >= 11 is 7.43. The smallest absolute Gasteiger partial charge is 0.130 e. The van der Waals surface area contributed by atoms with E-state index in [1.807, 2.05) is 18.8 Å². The molecule has 3 nitrogen and oxygen atoms in total. The standard InChI is InChI=1S/C9H18ClN3S2/c1-12-9(10)5-8(13-7-14-2)6-15(3,4)11/h5H,1,6-7,11H2,2-4H3/b9-5-,13-8+. The van der Waals surface area contributed by atoms with Crippen LogP contribution in [0.3, 0.4) is 0 Å². The third kappa shape index (κ3) is 8.99. The van der Waals surface area contributed by atoms with Gasteiger partial charge in [-0.05, 0) is 31.6 Å². The lowest BCUT2D eigenvalue weighted by atomic mass is 10.4. The van der Waals surface area contributed by atoms with E-state index >= 15 is 0 Å². The number of allylic oxidation sites excluding steroid dienone is 1. The van der Waals surface area contributed by atoms with Gasteiger partial charge in [0.05, 0.1) is 5.88 Å². The predicted octanol–water partition coefficient (Wildman–Crippen LogP) is 2.47. The molecule has 0 aromatic carbocycles. The lowest BCUT2D eigenvalue weighted by Crippen LogP contribution is -2.17. The van der Waals surface area contributed by atoms with Crippen molar-refractivity contribution in [2.24, 2.45) is 15.1 Å². The molecule has 88 valence electrons. The van der Waals surface area contributed by atoms with Gasteiger partial charge in [0.25, 0.3) is 0 Å². The first kappa shape index (κ1) is 15.0. The molecule has 0 aliphatic rings. The fourth-order valence-electron chi connectivity index (χ4n) is 0.845. The third-order valence-corrected chi connectivity index (χ3v) is 3.01. The van der Waals surface area contributed by atoms with Crippen molar-refractivity contribution in [3.63, 3.8) is 0 Å². The van der Waals surface area contributed by atoms with Crippen LogP contribution >= 0.6 is 33.6 Å². The molecule has 0 bridgehead atoms. The van der Waals surface area contributed by atoms with Gasteiger partial charge in [0.2, 0.25) is 0 Å². The highest BCUT2D eigenvalue weighted by Gasteiger charge is 2.08. The van der Waals surface area contributed by atoms with Gasteiger partial charge in [-0.15, -0.1) is 11.8 Å². The normalized spacial score (nSPS) is 15.3. The Hall–Kier alpha value is 0.0300. The van der Waals surface area contributed by atoms with Gasteiger partial charge in [0.1, 0.15) is 5.16 Å². The zero-order chi connectivity index (χ0) is 11.9. The molecule has 0 amide bonds. The Labute approximate surface area is 103 Å². The van der Waals surface area contributed by atoms with E-state index in [4.69, 9.17) is 16.7 Å². The van der Waals surface area contributed by atoms with Crippen molar-refractivity contribution in [1.82, 2.24) is 0 Å². The van der Waals surface area contributed by atoms with Crippen LogP contribution in [-0.4, -0.2) is 42.8 Å². The molecule has 2 N–H and O–H groups in total. The Balaban J connectivity index is 4.67. The van der Waals surface area contributed by atoms with Crippen LogP contribution in [-0.2, 0) is 0 Å². The summed E-state index contributed by atoms with van der Waals surface area (Å²) in [5.41, 5.74) is 0.893. The van der Waals surface area contributed by atoms with Crippen LogP contribution in [0, 0.1) is 0 Å². The Kier molecular flexibility index (Phi) is 7.34. The SMILES string of the molecule is C=N/C(Cl)=C\C(CS(C)(C)N)=N/CSC. The topological polar surface area (TPSA) is 50.7 Å². The van der Waals surface area contributed by atoms with Crippen molar-refractivity contribution in [2.45, 2.75) is 0 Å². The molecule has 0 radical (unpaired) electrons. The molecule has 0 spiro atoms. The summed E-state index contributed by atoms with van der Waals surface area (Å²) in [5.74, 6) is 1.46. The second-order valence-electron chi connectivity index (χ2n) is 3.46. The molecule has 0 aliphatic carbocycles. The van der Waals surface area contributed by atoms with Gasteiger partial charge in [0, 0.05) is 11.5 Å². The van der Waals surface area contributed by atoms with Crippen LogP contribution in [0.1, 0.15) is 0 Å². The number of thioether (sulfide) groups is 1. The Bertz CT molecular complexity index is 269. The summed E-state index contributed by atoms with van der Waals surface area (Å²) in [5, 5.41) is 6.36. The number of aliphatic imine (C=N–C) groups is 2. The number of hydrogen-bond acceptors (Lipinski definition) is 4. The second kappa shape index (κ2) is 7.33. The maximum Gasteiger partial charge on any atom is 0.130 e. The number of nitrogens with two attached hydrogens (primary N) is 1. The lowest BCUT2D eigenvalue weighted by molar-refractivity contribution is 1.36. The molecule has 0 unspecified atom stereocenters. The highest BCUT2D eigenvalue weighted by atomic mass is 35.5. The van der Waals surface area contributed by atoms with Gasteiger partial charge in [-0.3, -0.25) is 15.1 Å². The van der Waals surface area contributed by atoms with Crippen LogP contribution in [0.15, 0.2) is 21.2 Å². The van der Waals surface area contributed by atoms with E-state index < -0.39 is 10.2 Å². The minimum atomic E-state index is -1.11. The fraction of sp³-hybridized carbons (Fsp3) is 0.556. The summed E-state index contributed by atoms with van der Waals surface area (Å²) in [7, 11) is -1.11. The zero-order valence-electron chi connectivity index (χ0n) is 9.36. The molecule has 0 saturated heterocycles. The number of halogens is 1. The molecular formula is C9H18ClN3S2. The Morgan fingerprint density at radius 3 is 2.60 bits per heavy atom. The monoisotopic (exact) mass is 267 g/mol. The Morgan fingerprint density at radius 2 is 2.20 bits per heavy atom. The van der Waals surface area contributed by atoms with Crippen molar-refractivity contribution in [2.75, 3.05) is 30.4 Å².